The molecule has 0 N–H and O–H groups in total. The highest BCUT2D eigenvalue weighted by Gasteiger charge is 2.46. The van der Waals surface area contributed by atoms with Crippen molar-refractivity contribution in [1.82, 2.24) is 9.80 Å². The Hall–Kier alpha value is -3.81. The normalized spacial score (nSPS) is 18.8. The Bertz CT molecular complexity index is 1710. The van der Waals surface area contributed by atoms with Crippen molar-refractivity contribution in [3.63, 3.8) is 0 Å². The van der Waals surface area contributed by atoms with Crippen molar-refractivity contribution in [3.8, 4) is 11.5 Å². The van der Waals surface area contributed by atoms with E-state index in [0.29, 0.717) is 41.4 Å². The van der Waals surface area contributed by atoms with Crippen LogP contribution in [0.4, 0.5) is 0 Å². The van der Waals surface area contributed by atoms with E-state index in [1.165, 1.54) is 11.1 Å². The maximum Gasteiger partial charge on any atom is 0.335 e. The molecule has 4 aromatic rings. The number of halogens is 2. The van der Waals surface area contributed by atoms with Crippen molar-refractivity contribution in [1.29, 1.82) is 0 Å². The number of piperazine rings is 1. The maximum absolute atomic E-state index is 13.9. The predicted molar refractivity (Wildman–Crippen MR) is 193 cm³/mol. The van der Waals surface area contributed by atoms with Crippen LogP contribution < -0.4 is 9.47 Å². The Kier molecular flexibility index (Phi) is 11.1. The van der Waals surface area contributed by atoms with E-state index in [1.807, 2.05) is 62.4 Å². The summed E-state index contributed by atoms with van der Waals surface area (Å²) in [5, 5.41) is 0.958. The quantitative estimate of drug-likeness (QED) is 0.110. The minimum absolute atomic E-state index is 0.126. The molecule has 0 aromatic heterocycles. The zero-order valence-electron chi connectivity index (χ0n) is 27.7. The molecule has 0 amide bonds. The predicted octanol–water partition coefficient (Wildman–Crippen LogP) is 8.80. The third-order valence-corrected chi connectivity index (χ3v) is 9.76. The second kappa shape index (κ2) is 15.6. The van der Waals surface area contributed by atoms with Gasteiger partial charge in [-0.05, 0) is 79.3 Å². The van der Waals surface area contributed by atoms with Gasteiger partial charge in [-0.2, -0.15) is 0 Å². The minimum atomic E-state index is -0.242. The standard InChI is InChI=1S/C40H42Cl2N2O4/c1-4-46-40(45)38-34(31-15-17-33(18-16-31)47-19-20-48-39-35(41)21-27(2)22-36(39)42)23-32-25-43(24-29-11-7-5-8-12-29)26-37(38)44(32)28(3)30-13-9-6-10-14-30/h5-18,21-22,28,32,37H,4,19-20,23-26H2,1-3H3/t28?,32-,37?/m0/s1. The molecule has 4 aromatic carbocycles. The van der Waals surface area contributed by atoms with Gasteiger partial charge in [0.15, 0.2) is 5.75 Å². The molecule has 0 aliphatic carbocycles. The minimum Gasteiger partial charge on any atom is -0.490 e. The van der Waals surface area contributed by atoms with Gasteiger partial charge in [-0.3, -0.25) is 9.80 Å². The van der Waals surface area contributed by atoms with Gasteiger partial charge in [-0.1, -0.05) is 96.0 Å². The SMILES string of the molecule is CCOC(=O)C1=C(c2ccc(OCCOc3c(Cl)cc(C)cc3Cl)cc2)C[C@H]2CN(Cc3ccccc3)CC1N2C(C)c1ccccc1. The summed E-state index contributed by atoms with van der Waals surface area (Å²) in [4.78, 5) is 18.9. The first kappa shape index (κ1) is 34.1. The Labute approximate surface area is 293 Å². The molecular formula is C40H42Cl2N2O4. The molecule has 2 unspecified atom stereocenters. The Morgan fingerprint density at radius 2 is 1.52 bits per heavy atom. The Balaban J connectivity index is 1.25. The first-order chi connectivity index (χ1) is 23.3. The van der Waals surface area contributed by atoms with Crippen LogP contribution in [0.5, 0.6) is 11.5 Å². The van der Waals surface area contributed by atoms with Crippen molar-refractivity contribution in [2.45, 2.75) is 51.9 Å². The molecule has 250 valence electrons. The van der Waals surface area contributed by atoms with Crippen LogP contribution in [0, 0.1) is 6.92 Å². The van der Waals surface area contributed by atoms with Crippen LogP contribution in [0.2, 0.25) is 10.0 Å². The number of hydrogen-bond acceptors (Lipinski definition) is 6. The molecule has 0 radical (unpaired) electrons. The van der Waals surface area contributed by atoms with E-state index >= 15 is 0 Å². The summed E-state index contributed by atoms with van der Waals surface area (Å²) in [6.07, 6.45) is 0.735. The summed E-state index contributed by atoms with van der Waals surface area (Å²) in [6, 6.07) is 33.0. The Morgan fingerprint density at radius 3 is 2.19 bits per heavy atom. The molecule has 1 saturated heterocycles. The lowest BCUT2D eigenvalue weighted by molar-refractivity contribution is -0.140. The van der Waals surface area contributed by atoms with E-state index in [9.17, 15) is 4.79 Å². The van der Waals surface area contributed by atoms with Gasteiger partial charge in [0.1, 0.15) is 19.0 Å². The van der Waals surface area contributed by atoms with Crippen molar-refractivity contribution in [2.24, 2.45) is 0 Å². The Morgan fingerprint density at radius 1 is 0.875 bits per heavy atom. The van der Waals surface area contributed by atoms with Gasteiger partial charge in [0, 0.05) is 31.7 Å². The summed E-state index contributed by atoms with van der Waals surface area (Å²) in [6.45, 7) is 9.47. The van der Waals surface area contributed by atoms with Crippen molar-refractivity contribution >= 4 is 34.7 Å². The fourth-order valence-electron chi connectivity index (χ4n) is 7.10. The van der Waals surface area contributed by atoms with Gasteiger partial charge in [0.05, 0.1) is 28.3 Å². The van der Waals surface area contributed by atoms with Crippen LogP contribution in [-0.2, 0) is 16.1 Å². The molecule has 8 heteroatoms. The number of esters is 1. The highest BCUT2D eigenvalue weighted by molar-refractivity contribution is 6.37. The van der Waals surface area contributed by atoms with E-state index in [2.05, 4.69) is 65.3 Å². The molecule has 2 aliphatic rings. The van der Waals surface area contributed by atoms with E-state index in [-0.39, 0.29) is 24.1 Å². The van der Waals surface area contributed by atoms with Crippen molar-refractivity contribution in [3.05, 3.63) is 135 Å². The van der Waals surface area contributed by atoms with Gasteiger partial charge in [0.2, 0.25) is 0 Å². The summed E-state index contributed by atoms with van der Waals surface area (Å²) in [7, 11) is 0. The highest BCUT2D eigenvalue weighted by atomic mass is 35.5. The monoisotopic (exact) mass is 684 g/mol. The summed E-state index contributed by atoms with van der Waals surface area (Å²) in [5.74, 6) is 0.932. The number of fused-ring (bicyclic) bond motifs is 2. The molecule has 3 atom stereocenters. The molecule has 0 saturated carbocycles. The largest absolute Gasteiger partial charge is 0.490 e. The number of carbonyl (C=O) groups excluding carboxylic acids is 1. The van der Waals surface area contributed by atoms with E-state index in [1.54, 1.807) is 0 Å². The van der Waals surface area contributed by atoms with Crippen LogP contribution in [0.3, 0.4) is 0 Å². The third-order valence-electron chi connectivity index (χ3n) is 9.20. The zero-order chi connectivity index (χ0) is 33.6. The fourth-order valence-corrected chi connectivity index (χ4v) is 7.80. The third kappa shape index (κ3) is 7.74. The number of hydrogen-bond donors (Lipinski definition) is 0. The second-order valence-corrected chi connectivity index (χ2v) is 13.3. The van der Waals surface area contributed by atoms with Gasteiger partial charge >= 0.3 is 5.97 Å². The molecule has 1 fully saturated rings. The van der Waals surface area contributed by atoms with Crippen LogP contribution in [0.25, 0.3) is 5.57 Å². The number of rotatable bonds is 12. The molecule has 2 heterocycles. The number of aryl methyl sites for hydroxylation is 1. The summed E-state index contributed by atoms with van der Waals surface area (Å²) in [5.41, 5.74) is 6.31. The van der Waals surface area contributed by atoms with Crippen LogP contribution >= 0.6 is 23.2 Å². The lowest BCUT2D eigenvalue weighted by Crippen LogP contribution is -2.62. The number of benzene rings is 4. The molecule has 6 nitrogen and oxygen atoms in total. The van der Waals surface area contributed by atoms with Crippen LogP contribution in [0.15, 0.2) is 103 Å². The maximum atomic E-state index is 13.9. The lowest BCUT2D eigenvalue weighted by atomic mass is 9.80. The number of carbonyl (C=O) groups is 1. The molecule has 48 heavy (non-hydrogen) atoms. The first-order valence-corrected chi connectivity index (χ1v) is 17.4. The molecule has 6 rings (SSSR count). The van der Waals surface area contributed by atoms with E-state index in [4.69, 9.17) is 37.4 Å². The fraction of sp³-hybridized carbons (Fsp3) is 0.325. The van der Waals surface area contributed by atoms with Crippen molar-refractivity contribution < 1.29 is 19.0 Å². The zero-order valence-corrected chi connectivity index (χ0v) is 29.2. The summed E-state index contributed by atoms with van der Waals surface area (Å²) >= 11 is 12.6. The van der Waals surface area contributed by atoms with Gasteiger partial charge in [0.25, 0.3) is 0 Å². The molecule has 2 bridgehead atoms. The average Bonchev–Trinajstić information content (AvgIpc) is 3.08. The first-order valence-electron chi connectivity index (χ1n) is 16.6. The molecular weight excluding hydrogens is 643 g/mol. The summed E-state index contributed by atoms with van der Waals surface area (Å²) < 4.78 is 17.6. The van der Waals surface area contributed by atoms with E-state index < -0.39 is 0 Å². The number of nitrogens with zero attached hydrogens (tertiary/aromatic N) is 2. The lowest BCUT2D eigenvalue weighted by Gasteiger charge is -2.53. The topological polar surface area (TPSA) is 51.2 Å². The second-order valence-electron chi connectivity index (χ2n) is 12.5. The van der Waals surface area contributed by atoms with Crippen LogP contribution in [-0.4, -0.2) is 60.8 Å². The molecule has 0 spiro atoms. The average molecular weight is 686 g/mol. The van der Waals surface area contributed by atoms with Gasteiger partial charge < -0.3 is 14.2 Å². The smallest absolute Gasteiger partial charge is 0.335 e. The molecule has 2 aliphatic heterocycles. The van der Waals surface area contributed by atoms with Crippen molar-refractivity contribution in [2.75, 3.05) is 32.9 Å². The van der Waals surface area contributed by atoms with Crippen LogP contribution in [0.1, 0.15) is 48.6 Å². The van der Waals surface area contributed by atoms with E-state index in [0.717, 1.165) is 48.3 Å². The van der Waals surface area contributed by atoms with Gasteiger partial charge in [-0.15, -0.1) is 0 Å². The van der Waals surface area contributed by atoms with Gasteiger partial charge in [-0.25, -0.2) is 4.79 Å². The highest BCUT2D eigenvalue weighted by Crippen LogP contribution is 2.43. The number of ether oxygens (including phenoxy) is 3.